The Morgan fingerprint density at radius 2 is 1.69 bits per heavy atom. The number of carbonyl (C=O) groups is 1. The average molecular weight is 409 g/mol. The smallest absolute Gasteiger partial charge is 0.407 e. The molecule has 2 rings (SSSR count). The largest absolute Gasteiger partial charge is 0.444 e. The molecule has 1 amide bonds. The van der Waals surface area contributed by atoms with Crippen molar-refractivity contribution in [3.8, 4) is 0 Å². The van der Waals surface area contributed by atoms with E-state index in [1.165, 1.54) is 0 Å². The Hall–Kier alpha value is -2.54. The number of hydrogen-bond acceptors (Lipinski definition) is 3. The summed E-state index contributed by atoms with van der Waals surface area (Å²) in [5, 5.41) is 2.66. The monoisotopic (exact) mass is 409 g/mol. The number of carbonyl (C=O) groups excluding carboxylic acids is 1. The maximum absolute atomic E-state index is 14.0. The molecular formula is C22H26F3NO3. The molecule has 158 valence electrons. The summed E-state index contributed by atoms with van der Waals surface area (Å²) in [5.41, 5.74) is 0.259. The predicted molar refractivity (Wildman–Crippen MR) is 104 cm³/mol. The van der Waals surface area contributed by atoms with Crippen molar-refractivity contribution in [2.45, 2.75) is 51.9 Å². The molecule has 1 atom stereocenters. The number of nitrogens with one attached hydrogen (secondary N) is 1. The first kappa shape index (κ1) is 22.7. The molecule has 0 aliphatic heterocycles. The molecule has 2 aromatic rings. The molecule has 0 spiro atoms. The summed E-state index contributed by atoms with van der Waals surface area (Å²) in [7, 11) is 0. The molecule has 0 radical (unpaired) electrons. The van der Waals surface area contributed by atoms with E-state index in [0.717, 1.165) is 11.6 Å². The van der Waals surface area contributed by atoms with Gasteiger partial charge in [-0.2, -0.15) is 0 Å². The van der Waals surface area contributed by atoms with Crippen LogP contribution in [-0.4, -0.2) is 24.3 Å². The third-order valence-corrected chi connectivity index (χ3v) is 4.00. The molecule has 0 heterocycles. The van der Waals surface area contributed by atoms with Gasteiger partial charge in [-0.05, 0) is 50.8 Å². The van der Waals surface area contributed by atoms with Gasteiger partial charge < -0.3 is 14.8 Å². The quantitative estimate of drug-likeness (QED) is 0.485. The minimum atomic E-state index is -1.26. The number of alkyl carbamates (subject to hydrolysis) is 1. The summed E-state index contributed by atoms with van der Waals surface area (Å²) < 4.78 is 51.6. The van der Waals surface area contributed by atoms with Gasteiger partial charge >= 0.3 is 6.09 Å². The third-order valence-electron chi connectivity index (χ3n) is 4.00. The van der Waals surface area contributed by atoms with Crippen molar-refractivity contribution in [1.82, 2.24) is 5.32 Å². The molecule has 0 fully saturated rings. The SMILES string of the molecule is CC(C)(C)OC(=O)N[C@@H](CCOCc1ccccc1)Cc1cc(F)c(F)cc1F. The normalized spacial score (nSPS) is 12.5. The summed E-state index contributed by atoms with van der Waals surface area (Å²) in [6.07, 6.45) is -0.366. The Kier molecular flexibility index (Phi) is 8.08. The summed E-state index contributed by atoms with van der Waals surface area (Å²) in [6.45, 7) is 5.83. The first-order valence-electron chi connectivity index (χ1n) is 9.38. The van der Waals surface area contributed by atoms with Crippen molar-refractivity contribution < 1.29 is 27.4 Å². The van der Waals surface area contributed by atoms with Crippen molar-refractivity contribution >= 4 is 6.09 Å². The highest BCUT2D eigenvalue weighted by Gasteiger charge is 2.21. The van der Waals surface area contributed by atoms with Gasteiger partial charge in [-0.25, -0.2) is 18.0 Å². The van der Waals surface area contributed by atoms with Crippen LogP contribution in [0.3, 0.4) is 0 Å². The number of benzene rings is 2. The first-order chi connectivity index (χ1) is 13.6. The zero-order chi connectivity index (χ0) is 21.4. The van der Waals surface area contributed by atoms with Crippen LogP contribution in [0.15, 0.2) is 42.5 Å². The summed E-state index contributed by atoms with van der Waals surface area (Å²) in [6, 6.07) is 10.3. The second kappa shape index (κ2) is 10.3. The molecule has 0 saturated heterocycles. The third kappa shape index (κ3) is 8.15. The van der Waals surface area contributed by atoms with Crippen LogP contribution in [0.2, 0.25) is 0 Å². The Morgan fingerprint density at radius 3 is 2.34 bits per heavy atom. The maximum atomic E-state index is 14.0. The van der Waals surface area contributed by atoms with Crippen molar-refractivity contribution in [2.24, 2.45) is 0 Å². The van der Waals surface area contributed by atoms with Gasteiger partial charge in [0.25, 0.3) is 0 Å². The van der Waals surface area contributed by atoms with Gasteiger partial charge in [-0.1, -0.05) is 30.3 Å². The number of amides is 1. The number of rotatable bonds is 8. The fourth-order valence-electron chi connectivity index (χ4n) is 2.67. The van der Waals surface area contributed by atoms with Crippen molar-refractivity contribution in [3.05, 3.63) is 71.0 Å². The van der Waals surface area contributed by atoms with Crippen LogP contribution >= 0.6 is 0 Å². The average Bonchev–Trinajstić information content (AvgIpc) is 2.62. The highest BCUT2D eigenvalue weighted by Crippen LogP contribution is 2.17. The van der Waals surface area contributed by atoms with E-state index in [0.29, 0.717) is 19.1 Å². The van der Waals surface area contributed by atoms with Gasteiger partial charge in [0.05, 0.1) is 6.61 Å². The van der Waals surface area contributed by atoms with Crippen LogP contribution in [0.4, 0.5) is 18.0 Å². The zero-order valence-electron chi connectivity index (χ0n) is 16.8. The molecule has 2 aromatic carbocycles. The molecule has 4 nitrogen and oxygen atoms in total. The van der Waals surface area contributed by atoms with Crippen LogP contribution in [0, 0.1) is 17.5 Å². The highest BCUT2D eigenvalue weighted by atomic mass is 19.2. The van der Waals surface area contributed by atoms with Crippen LogP contribution in [0.25, 0.3) is 0 Å². The van der Waals surface area contributed by atoms with Crippen molar-refractivity contribution in [2.75, 3.05) is 6.61 Å². The fraction of sp³-hybridized carbons (Fsp3) is 0.409. The van der Waals surface area contributed by atoms with Crippen molar-refractivity contribution in [3.63, 3.8) is 0 Å². The van der Waals surface area contributed by atoms with E-state index in [9.17, 15) is 18.0 Å². The lowest BCUT2D eigenvalue weighted by Gasteiger charge is -2.24. The molecule has 1 N–H and O–H groups in total. The van der Waals surface area contributed by atoms with Gasteiger partial charge in [0, 0.05) is 18.7 Å². The number of halogens is 3. The van der Waals surface area contributed by atoms with Gasteiger partial charge in [-0.3, -0.25) is 0 Å². The second-order valence-corrected chi connectivity index (χ2v) is 7.73. The molecule has 0 unspecified atom stereocenters. The Morgan fingerprint density at radius 1 is 1.03 bits per heavy atom. The lowest BCUT2D eigenvalue weighted by atomic mass is 10.0. The van der Waals surface area contributed by atoms with E-state index in [-0.39, 0.29) is 18.6 Å². The Labute approximate surface area is 169 Å². The lowest BCUT2D eigenvalue weighted by Crippen LogP contribution is -2.41. The molecule has 7 heteroatoms. The molecule has 0 saturated carbocycles. The fourth-order valence-corrected chi connectivity index (χ4v) is 2.67. The van der Waals surface area contributed by atoms with Crippen molar-refractivity contribution in [1.29, 1.82) is 0 Å². The molecule has 0 aliphatic rings. The van der Waals surface area contributed by atoms with Crippen LogP contribution in [0.5, 0.6) is 0 Å². The zero-order valence-corrected chi connectivity index (χ0v) is 16.8. The first-order valence-corrected chi connectivity index (χ1v) is 9.38. The topological polar surface area (TPSA) is 47.6 Å². The molecule has 0 bridgehead atoms. The van der Waals surface area contributed by atoms with Gasteiger partial charge in [-0.15, -0.1) is 0 Å². The minimum absolute atomic E-state index is 0.0308. The van der Waals surface area contributed by atoms with Crippen LogP contribution < -0.4 is 5.32 Å². The van der Waals surface area contributed by atoms with E-state index >= 15 is 0 Å². The van der Waals surface area contributed by atoms with E-state index < -0.39 is 35.2 Å². The van der Waals surface area contributed by atoms with E-state index in [1.807, 2.05) is 30.3 Å². The Balaban J connectivity index is 2.00. The Bertz CT molecular complexity index is 807. The van der Waals surface area contributed by atoms with Crippen LogP contribution in [-0.2, 0) is 22.5 Å². The van der Waals surface area contributed by atoms with Crippen LogP contribution in [0.1, 0.15) is 38.3 Å². The van der Waals surface area contributed by atoms with E-state index in [4.69, 9.17) is 9.47 Å². The molecule has 0 aromatic heterocycles. The van der Waals surface area contributed by atoms with E-state index in [1.54, 1.807) is 20.8 Å². The predicted octanol–water partition coefficient (Wildman–Crippen LogP) is 5.15. The standard InChI is InChI=1S/C22H26F3NO3/c1-22(2,3)29-21(27)26-17(9-10-28-14-15-7-5-4-6-8-15)11-16-12-19(24)20(25)13-18(16)23/h4-8,12-13,17H,9-11,14H2,1-3H3,(H,26,27)/t17-/m0/s1. The number of ether oxygens (including phenoxy) is 2. The van der Waals surface area contributed by atoms with Gasteiger partial charge in [0.1, 0.15) is 11.4 Å². The lowest BCUT2D eigenvalue weighted by molar-refractivity contribution is 0.0482. The summed E-state index contributed by atoms with van der Waals surface area (Å²) in [5.74, 6) is -3.27. The molecular weight excluding hydrogens is 383 g/mol. The molecule has 0 aliphatic carbocycles. The van der Waals surface area contributed by atoms with Gasteiger partial charge in [0.2, 0.25) is 0 Å². The summed E-state index contributed by atoms with van der Waals surface area (Å²) in [4.78, 5) is 12.1. The second-order valence-electron chi connectivity index (χ2n) is 7.73. The summed E-state index contributed by atoms with van der Waals surface area (Å²) >= 11 is 0. The number of hydrogen-bond donors (Lipinski definition) is 1. The minimum Gasteiger partial charge on any atom is -0.444 e. The van der Waals surface area contributed by atoms with E-state index in [2.05, 4.69) is 5.32 Å². The highest BCUT2D eigenvalue weighted by molar-refractivity contribution is 5.68. The molecule has 29 heavy (non-hydrogen) atoms. The van der Waals surface area contributed by atoms with Gasteiger partial charge in [0.15, 0.2) is 11.6 Å². The maximum Gasteiger partial charge on any atom is 0.407 e.